The van der Waals surface area contributed by atoms with E-state index in [9.17, 15) is 14.9 Å². The summed E-state index contributed by atoms with van der Waals surface area (Å²) in [6.07, 6.45) is 1.72. The van der Waals surface area contributed by atoms with E-state index < -0.39 is 16.8 Å². The second-order valence-corrected chi connectivity index (χ2v) is 5.16. The number of aromatic nitrogens is 1. The molecule has 0 saturated carbocycles. The number of aliphatic carboxylic acids is 1. The van der Waals surface area contributed by atoms with Crippen LogP contribution in [0.5, 0.6) is 0 Å². The van der Waals surface area contributed by atoms with Gasteiger partial charge >= 0.3 is 5.97 Å². The number of nitro groups is 1. The van der Waals surface area contributed by atoms with Gasteiger partial charge < -0.3 is 10.4 Å². The van der Waals surface area contributed by atoms with Crippen molar-refractivity contribution in [2.45, 2.75) is 27.2 Å². The summed E-state index contributed by atoms with van der Waals surface area (Å²) >= 11 is 0. The largest absolute Gasteiger partial charge is 0.481 e. The lowest BCUT2D eigenvalue weighted by Crippen LogP contribution is -2.25. The third-order valence-electron chi connectivity index (χ3n) is 2.90. The molecule has 0 amide bonds. The quantitative estimate of drug-likeness (QED) is 0.587. The molecular weight excluding hydrogens is 262 g/mol. The van der Waals surface area contributed by atoms with E-state index in [0.29, 0.717) is 17.8 Å². The number of hydrogen-bond acceptors (Lipinski definition) is 5. The first kappa shape index (κ1) is 15.9. The molecule has 0 aliphatic rings. The van der Waals surface area contributed by atoms with Gasteiger partial charge in [0, 0.05) is 12.6 Å². The molecule has 1 aromatic rings. The Kier molecular flexibility index (Phi) is 5.42. The van der Waals surface area contributed by atoms with Gasteiger partial charge in [-0.05, 0) is 24.8 Å². The van der Waals surface area contributed by atoms with E-state index >= 15 is 0 Å². The van der Waals surface area contributed by atoms with Crippen LogP contribution in [0.15, 0.2) is 12.3 Å². The van der Waals surface area contributed by atoms with Crippen LogP contribution >= 0.6 is 0 Å². The number of carboxylic acids is 1. The molecule has 7 nitrogen and oxygen atoms in total. The predicted molar refractivity (Wildman–Crippen MR) is 74.7 cm³/mol. The summed E-state index contributed by atoms with van der Waals surface area (Å²) in [6.45, 7) is 5.87. The molecule has 0 radical (unpaired) electrons. The molecule has 0 fully saturated rings. The monoisotopic (exact) mass is 281 g/mol. The van der Waals surface area contributed by atoms with Gasteiger partial charge in [-0.3, -0.25) is 14.9 Å². The minimum Gasteiger partial charge on any atom is -0.481 e. The van der Waals surface area contributed by atoms with Gasteiger partial charge in [-0.2, -0.15) is 0 Å². The van der Waals surface area contributed by atoms with Gasteiger partial charge in [-0.1, -0.05) is 13.8 Å². The lowest BCUT2D eigenvalue weighted by atomic mass is 9.97. The number of rotatable bonds is 7. The molecule has 110 valence electrons. The van der Waals surface area contributed by atoms with Gasteiger partial charge in [0.25, 0.3) is 5.69 Å². The van der Waals surface area contributed by atoms with Crippen LogP contribution in [-0.2, 0) is 4.79 Å². The van der Waals surface area contributed by atoms with Gasteiger partial charge in [0.2, 0.25) is 0 Å². The number of pyridine rings is 1. The van der Waals surface area contributed by atoms with Crippen molar-refractivity contribution in [3.05, 3.63) is 27.9 Å². The number of hydrogen-bond donors (Lipinski definition) is 2. The topological polar surface area (TPSA) is 105 Å². The smallest absolute Gasteiger partial charge is 0.308 e. The van der Waals surface area contributed by atoms with Crippen molar-refractivity contribution in [3.8, 4) is 0 Å². The zero-order valence-corrected chi connectivity index (χ0v) is 11.8. The van der Waals surface area contributed by atoms with Crippen LogP contribution in [0.3, 0.4) is 0 Å². The molecule has 2 N–H and O–H groups in total. The zero-order valence-electron chi connectivity index (χ0n) is 11.8. The number of aryl methyl sites for hydroxylation is 1. The highest BCUT2D eigenvalue weighted by atomic mass is 16.6. The van der Waals surface area contributed by atoms with E-state index in [0.717, 1.165) is 6.20 Å². The van der Waals surface area contributed by atoms with Gasteiger partial charge in [-0.15, -0.1) is 0 Å². The molecule has 20 heavy (non-hydrogen) atoms. The summed E-state index contributed by atoms with van der Waals surface area (Å²) in [5.41, 5.74) is 0.540. The van der Waals surface area contributed by atoms with Crippen LogP contribution in [0.2, 0.25) is 0 Å². The molecule has 1 rings (SSSR count). The normalized spacial score (nSPS) is 12.2. The summed E-state index contributed by atoms with van der Waals surface area (Å²) in [7, 11) is 0. The third-order valence-corrected chi connectivity index (χ3v) is 2.90. The lowest BCUT2D eigenvalue weighted by molar-refractivity contribution is -0.385. The average molecular weight is 281 g/mol. The van der Waals surface area contributed by atoms with Crippen molar-refractivity contribution < 1.29 is 14.8 Å². The maximum Gasteiger partial charge on any atom is 0.308 e. The van der Waals surface area contributed by atoms with E-state index in [1.54, 1.807) is 6.92 Å². The minimum atomic E-state index is -0.856. The van der Waals surface area contributed by atoms with Gasteiger partial charge in [0.1, 0.15) is 12.0 Å². The summed E-state index contributed by atoms with van der Waals surface area (Å²) in [6, 6.07) is 1.41. The highest BCUT2D eigenvalue weighted by Gasteiger charge is 2.19. The fraction of sp³-hybridized carbons (Fsp3) is 0.538. The molecule has 0 spiro atoms. The first-order valence-electron chi connectivity index (χ1n) is 6.39. The van der Waals surface area contributed by atoms with E-state index in [4.69, 9.17) is 5.11 Å². The summed E-state index contributed by atoms with van der Waals surface area (Å²) in [5.74, 6) is -0.605. The number of carbonyl (C=O) groups is 1. The molecule has 1 heterocycles. The summed E-state index contributed by atoms with van der Waals surface area (Å²) in [4.78, 5) is 25.2. The van der Waals surface area contributed by atoms with Crippen molar-refractivity contribution >= 4 is 17.5 Å². The number of nitrogens with one attached hydrogen (secondary N) is 1. The molecule has 1 aromatic heterocycles. The highest BCUT2D eigenvalue weighted by Crippen LogP contribution is 2.19. The Labute approximate surface area is 117 Å². The molecule has 0 saturated heterocycles. The van der Waals surface area contributed by atoms with Gasteiger partial charge in [-0.25, -0.2) is 4.98 Å². The Morgan fingerprint density at radius 1 is 1.55 bits per heavy atom. The van der Waals surface area contributed by atoms with Crippen molar-refractivity contribution in [1.82, 2.24) is 4.98 Å². The minimum absolute atomic E-state index is 0.0787. The van der Waals surface area contributed by atoms with E-state index in [-0.39, 0.29) is 18.2 Å². The fourth-order valence-electron chi connectivity index (χ4n) is 1.91. The van der Waals surface area contributed by atoms with Crippen LogP contribution in [0, 0.1) is 28.9 Å². The Hall–Kier alpha value is -2.18. The Balaban J connectivity index is 2.73. The summed E-state index contributed by atoms with van der Waals surface area (Å²) < 4.78 is 0. The van der Waals surface area contributed by atoms with E-state index in [1.807, 2.05) is 13.8 Å². The van der Waals surface area contributed by atoms with Gasteiger partial charge in [0.15, 0.2) is 0 Å². The Bertz CT molecular complexity index is 502. The second-order valence-electron chi connectivity index (χ2n) is 5.16. The SMILES string of the molecule is Cc1cc([N+](=O)[O-])cnc1NCC(CC(C)C)C(=O)O. The highest BCUT2D eigenvalue weighted by molar-refractivity contribution is 5.70. The first-order chi connectivity index (χ1) is 9.31. The van der Waals surface area contributed by atoms with E-state index in [1.165, 1.54) is 6.07 Å². The molecule has 1 atom stereocenters. The fourth-order valence-corrected chi connectivity index (χ4v) is 1.91. The maximum absolute atomic E-state index is 11.1. The van der Waals surface area contributed by atoms with Crippen LogP contribution in [0.25, 0.3) is 0 Å². The average Bonchev–Trinajstić information content (AvgIpc) is 2.34. The number of carboxylic acid groups (broad SMARTS) is 1. The van der Waals surface area contributed by atoms with Crippen molar-refractivity contribution in [2.75, 3.05) is 11.9 Å². The van der Waals surface area contributed by atoms with Gasteiger partial charge in [0.05, 0.1) is 10.8 Å². The summed E-state index contributed by atoms with van der Waals surface area (Å²) in [5, 5.41) is 22.7. The molecule has 7 heteroatoms. The maximum atomic E-state index is 11.1. The Morgan fingerprint density at radius 3 is 2.65 bits per heavy atom. The molecule has 0 bridgehead atoms. The first-order valence-corrected chi connectivity index (χ1v) is 6.39. The predicted octanol–water partition coefficient (Wildman–Crippen LogP) is 2.46. The molecule has 0 aromatic carbocycles. The van der Waals surface area contributed by atoms with Crippen LogP contribution < -0.4 is 5.32 Å². The van der Waals surface area contributed by atoms with E-state index in [2.05, 4.69) is 10.3 Å². The molecule has 0 aliphatic carbocycles. The van der Waals surface area contributed by atoms with Crippen molar-refractivity contribution in [3.63, 3.8) is 0 Å². The second kappa shape index (κ2) is 6.83. The Morgan fingerprint density at radius 2 is 2.20 bits per heavy atom. The lowest BCUT2D eigenvalue weighted by Gasteiger charge is -2.16. The molecule has 0 aliphatic heterocycles. The number of nitrogens with zero attached hydrogens (tertiary/aromatic N) is 2. The van der Waals surface area contributed by atoms with Crippen LogP contribution in [-0.4, -0.2) is 27.5 Å². The van der Waals surface area contributed by atoms with Crippen molar-refractivity contribution in [2.24, 2.45) is 11.8 Å². The van der Waals surface area contributed by atoms with Crippen LogP contribution in [0.1, 0.15) is 25.8 Å². The van der Waals surface area contributed by atoms with Crippen molar-refractivity contribution in [1.29, 1.82) is 0 Å². The standard InChI is InChI=1S/C13H19N3O4/c1-8(2)4-10(13(17)18)6-14-12-9(3)5-11(7-15-12)16(19)20/h5,7-8,10H,4,6H2,1-3H3,(H,14,15)(H,17,18). The third kappa shape index (κ3) is 4.49. The zero-order chi connectivity index (χ0) is 15.3. The molecule has 1 unspecified atom stereocenters. The number of anilines is 1. The van der Waals surface area contributed by atoms with Crippen LogP contribution in [0.4, 0.5) is 11.5 Å². The molecular formula is C13H19N3O4.